The zero-order valence-electron chi connectivity index (χ0n) is 18.4. The van der Waals surface area contributed by atoms with Crippen LogP contribution in [-0.4, -0.2) is 50.3 Å². The molecule has 5 nitrogen and oxygen atoms in total. The van der Waals surface area contributed by atoms with Crippen LogP contribution in [0.5, 0.6) is 5.75 Å². The summed E-state index contributed by atoms with van der Waals surface area (Å²) in [6.07, 6.45) is 0.988. The third kappa shape index (κ3) is 6.31. The molecule has 0 aliphatic carbocycles. The van der Waals surface area contributed by atoms with Crippen LogP contribution in [0.3, 0.4) is 0 Å². The first-order chi connectivity index (χ1) is 14.6. The maximum atomic E-state index is 12.4. The summed E-state index contributed by atoms with van der Waals surface area (Å²) < 4.78 is 11.2. The molecule has 1 atom stereocenters. The van der Waals surface area contributed by atoms with Crippen LogP contribution < -0.4 is 10.1 Å². The topological polar surface area (TPSA) is 50.8 Å². The molecule has 1 saturated heterocycles. The molecule has 30 heavy (non-hydrogen) atoms. The number of nitrogens with zero attached hydrogens (tertiary/aromatic N) is 1. The molecule has 1 fully saturated rings. The largest absolute Gasteiger partial charge is 0.484 e. The van der Waals surface area contributed by atoms with Crippen molar-refractivity contribution in [3.63, 3.8) is 0 Å². The van der Waals surface area contributed by atoms with E-state index in [9.17, 15) is 4.79 Å². The van der Waals surface area contributed by atoms with E-state index in [1.807, 2.05) is 24.3 Å². The molecular formula is C25H34N2O3. The lowest BCUT2D eigenvalue weighted by atomic mass is 9.98. The Bertz CT molecular complexity index is 781. The second kappa shape index (κ2) is 11.1. The summed E-state index contributed by atoms with van der Waals surface area (Å²) in [6, 6.07) is 16.8. The third-order valence-electron chi connectivity index (χ3n) is 5.67. The predicted molar refractivity (Wildman–Crippen MR) is 120 cm³/mol. The first kappa shape index (κ1) is 22.3. The normalized spacial score (nSPS) is 15.7. The number of amides is 1. The molecule has 0 unspecified atom stereocenters. The molecule has 2 aromatic rings. The van der Waals surface area contributed by atoms with Gasteiger partial charge in [0.2, 0.25) is 0 Å². The van der Waals surface area contributed by atoms with Crippen LogP contribution in [0.4, 0.5) is 0 Å². The molecule has 0 spiro atoms. The molecule has 1 N–H and O–H groups in total. The highest BCUT2D eigenvalue weighted by atomic mass is 16.5. The fourth-order valence-electron chi connectivity index (χ4n) is 3.68. The highest BCUT2D eigenvalue weighted by molar-refractivity contribution is 5.77. The smallest absolute Gasteiger partial charge is 0.258 e. The van der Waals surface area contributed by atoms with E-state index in [0.29, 0.717) is 12.5 Å². The van der Waals surface area contributed by atoms with Crippen molar-refractivity contribution in [2.45, 2.75) is 39.2 Å². The van der Waals surface area contributed by atoms with Crippen LogP contribution in [0.2, 0.25) is 0 Å². The minimum atomic E-state index is -0.105. The molecule has 1 aliphatic heterocycles. The van der Waals surface area contributed by atoms with E-state index in [0.717, 1.165) is 38.5 Å². The fourth-order valence-corrected chi connectivity index (χ4v) is 3.68. The average molecular weight is 411 g/mol. The number of rotatable bonds is 9. The van der Waals surface area contributed by atoms with Gasteiger partial charge in [-0.3, -0.25) is 9.69 Å². The van der Waals surface area contributed by atoms with E-state index in [1.54, 1.807) is 0 Å². The van der Waals surface area contributed by atoms with Crippen molar-refractivity contribution < 1.29 is 14.3 Å². The van der Waals surface area contributed by atoms with Crippen molar-refractivity contribution >= 4 is 5.91 Å². The number of hydrogen-bond acceptors (Lipinski definition) is 4. The zero-order chi connectivity index (χ0) is 21.3. The van der Waals surface area contributed by atoms with Gasteiger partial charge < -0.3 is 14.8 Å². The lowest BCUT2D eigenvalue weighted by molar-refractivity contribution is -0.123. The first-order valence-electron chi connectivity index (χ1n) is 11.0. The van der Waals surface area contributed by atoms with Crippen molar-refractivity contribution in [1.29, 1.82) is 0 Å². The van der Waals surface area contributed by atoms with E-state index < -0.39 is 0 Å². The Kier molecular flexibility index (Phi) is 8.29. The highest BCUT2D eigenvalue weighted by Gasteiger charge is 2.23. The number of benzene rings is 2. The van der Waals surface area contributed by atoms with Crippen molar-refractivity contribution in [2.24, 2.45) is 0 Å². The van der Waals surface area contributed by atoms with Crippen LogP contribution in [0.15, 0.2) is 48.5 Å². The van der Waals surface area contributed by atoms with Gasteiger partial charge in [-0.1, -0.05) is 57.2 Å². The van der Waals surface area contributed by atoms with Crippen molar-refractivity contribution in [1.82, 2.24) is 10.2 Å². The molecule has 5 heteroatoms. The number of ether oxygens (including phenoxy) is 2. The van der Waals surface area contributed by atoms with Gasteiger partial charge in [0.15, 0.2) is 6.61 Å². The Hall–Kier alpha value is -2.37. The van der Waals surface area contributed by atoms with Crippen LogP contribution >= 0.6 is 0 Å². The van der Waals surface area contributed by atoms with Crippen LogP contribution in [0.1, 0.15) is 49.4 Å². The van der Waals surface area contributed by atoms with Gasteiger partial charge in [0.05, 0.1) is 19.3 Å². The Morgan fingerprint density at radius 1 is 1.03 bits per heavy atom. The molecule has 0 aromatic heterocycles. The average Bonchev–Trinajstić information content (AvgIpc) is 2.79. The monoisotopic (exact) mass is 410 g/mol. The lowest BCUT2D eigenvalue weighted by Gasteiger charge is -2.35. The highest BCUT2D eigenvalue weighted by Crippen LogP contribution is 2.24. The molecule has 0 saturated carbocycles. The zero-order valence-corrected chi connectivity index (χ0v) is 18.4. The number of morpholine rings is 1. The van der Waals surface area contributed by atoms with Gasteiger partial charge in [0, 0.05) is 19.6 Å². The van der Waals surface area contributed by atoms with Crippen LogP contribution in [0.25, 0.3) is 0 Å². The van der Waals surface area contributed by atoms with E-state index >= 15 is 0 Å². The molecular weight excluding hydrogens is 376 g/mol. The summed E-state index contributed by atoms with van der Waals surface area (Å²) in [6.45, 7) is 10.3. The SMILES string of the molecule is CCc1ccc(OCC(=O)NC[C@@H](c2ccc(C(C)C)cc2)N2CCOCC2)cc1. The Balaban J connectivity index is 1.58. The number of hydrogen-bond donors (Lipinski definition) is 1. The Morgan fingerprint density at radius 2 is 1.67 bits per heavy atom. The summed E-state index contributed by atoms with van der Waals surface area (Å²) in [4.78, 5) is 14.8. The summed E-state index contributed by atoms with van der Waals surface area (Å²) in [7, 11) is 0. The standard InChI is InChI=1S/C25H34N2O3/c1-4-20-5-11-23(12-6-20)30-18-25(28)26-17-24(27-13-15-29-16-14-27)22-9-7-21(8-10-22)19(2)3/h5-12,19,24H,4,13-18H2,1-3H3,(H,26,28)/t24-/m0/s1. The van der Waals surface area contributed by atoms with Crippen LogP contribution in [0, 0.1) is 0 Å². The summed E-state index contributed by atoms with van der Waals surface area (Å²) in [5.41, 5.74) is 3.80. The van der Waals surface area contributed by atoms with Crippen molar-refractivity contribution in [3.8, 4) is 5.75 Å². The van der Waals surface area contributed by atoms with Crippen LogP contribution in [-0.2, 0) is 16.0 Å². The number of nitrogens with one attached hydrogen (secondary N) is 1. The van der Waals surface area contributed by atoms with Gasteiger partial charge in [-0.05, 0) is 41.2 Å². The van der Waals surface area contributed by atoms with E-state index in [1.165, 1.54) is 16.7 Å². The first-order valence-corrected chi connectivity index (χ1v) is 11.0. The molecule has 1 aliphatic rings. The Morgan fingerprint density at radius 3 is 2.27 bits per heavy atom. The molecule has 0 radical (unpaired) electrons. The molecule has 2 aromatic carbocycles. The second-order valence-electron chi connectivity index (χ2n) is 8.08. The quantitative estimate of drug-likeness (QED) is 0.680. The lowest BCUT2D eigenvalue weighted by Crippen LogP contribution is -2.44. The number of carbonyl (C=O) groups excluding carboxylic acids is 1. The summed E-state index contributed by atoms with van der Waals surface area (Å²) in [5, 5.41) is 3.06. The Labute approximate surface area is 180 Å². The van der Waals surface area contributed by atoms with Gasteiger partial charge in [-0.15, -0.1) is 0 Å². The molecule has 162 valence electrons. The molecule has 1 heterocycles. The summed E-state index contributed by atoms with van der Waals surface area (Å²) >= 11 is 0. The van der Waals surface area contributed by atoms with E-state index in [2.05, 4.69) is 55.3 Å². The van der Waals surface area contributed by atoms with E-state index in [4.69, 9.17) is 9.47 Å². The second-order valence-corrected chi connectivity index (χ2v) is 8.08. The van der Waals surface area contributed by atoms with Crippen molar-refractivity contribution in [2.75, 3.05) is 39.5 Å². The van der Waals surface area contributed by atoms with Gasteiger partial charge in [-0.2, -0.15) is 0 Å². The van der Waals surface area contributed by atoms with E-state index in [-0.39, 0.29) is 18.6 Å². The maximum Gasteiger partial charge on any atom is 0.258 e. The molecule has 0 bridgehead atoms. The fraction of sp³-hybridized carbons (Fsp3) is 0.480. The van der Waals surface area contributed by atoms with Gasteiger partial charge in [0.25, 0.3) is 5.91 Å². The molecule has 3 rings (SSSR count). The van der Waals surface area contributed by atoms with Gasteiger partial charge >= 0.3 is 0 Å². The predicted octanol–water partition coefficient (Wildman–Crippen LogP) is 3.94. The molecule has 1 amide bonds. The third-order valence-corrected chi connectivity index (χ3v) is 5.67. The number of aryl methyl sites for hydroxylation is 1. The minimum Gasteiger partial charge on any atom is -0.484 e. The van der Waals surface area contributed by atoms with Gasteiger partial charge in [0.1, 0.15) is 5.75 Å². The number of carbonyl (C=O) groups is 1. The maximum absolute atomic E-state index is 12.4. The van der Waals surface area contributed by atoms with Crippen molar-refractivity contribution in [3.05, 3.63) is 65.2 Å². The van der Waals surface area contributed by atoms with Gasteiger partial charge in [-0.25, -0.2) is 0 Å². The minimum absolute atomic E-state index is 0.0214. The summed E-state index contributed by atoms with van der Waals surface area (Å²) in [5.74, 6) is 1.12.